The van der Waals surface area contributed by atoms with Gasteiger partial charge in [0.25, 0.3) is 0 Å². The van der Waals surface area contributed by atoms with Crippen molar-refractivity contribution >= 4 is 17.7 Å². The smallest absolute Gasteiger partial charge is 0.191 e. The van der Waals surface area contributed by atoms with Gasteiger partial charge in [-0.25, -0.2) is 4.99 Å². The summed E-state index contributed by atoms with van der Waals surface area (Å²) in [5.41, 5.74) is 5.92. The zero-order valence-electron chi connectivity index (χ0n) is 8.07. The van der Waals surface area contributed by atoms with E-state index in [1.54, 1.807) is 0 Å². The molecule has 1 saturated carbocycles. The molecular formula is C9H17N3S. The van der Waals surface area contributed by atoms with Crippen molar-refractivity contribution in [1.29, 1.82) is 0 Å². The molecule has 0 aromatic rings. The quantitative estimate of drug-likeness (QED) is 0.504. The zero-order valence-corrected chi connectivity index (χ0v) is 8.89. The van der Waals surface area contributed by atoms with Crippen LogP contribution in [0.2, 0.25) is 0 Å². The predicted molar refractivity (Wildman–Crippen MR) is 58.1 cm³/mol. The monoisotopic (exact) mass is 199 g/mol. The minimum Gasteiger partial charge on any atom is -0.370 e. The first-order chi connectivity index (χ1) is 6.25. The van der Waals surface area contributed by atoms with Crippen molar-refractivity contribution in [1.82, 2.24) is 4.90 Å². The van der Waals surface area contributed by atoms with Gasteiger partial charge in [-0.05, 0) is 12.8 Å². The lowest BCUT2D eigenvalue weighted by atomic mass is 10.4. The molecule has 1 heterocycles. The van der Waals surface area contributed by atoms with E-state index in [1.807, 2.05) is 11.8 Å². The third kappa shape index (κ3) is 2.53. The fraction of sp³-hybridized carbons (Fsp3) is 0.889. The van der Waals surface area contributed by atoms with Gasteiger partial charge in [-0.2, -0.15) is 11.8 Å². The second-order valence-corrected chi connectivity index (χ2v) is 5.39. The summed E-state index contributed by atoms with van der Waals surface area (Å²) < 4.78 is 0. The second-order valence-electron chi connectivity index (χ2n) is 3.85. The van der Waals surface area contributed by atoms with Crippen molar-refractivity contribution < 1.29 is 0 Å². The highest BCUT2D eigenvalue weighted by molar-refractivity contribution is 7.99. The molecule has 74 valence electrons. The standard InChI is InChI=1S/C9H17N3S/c1-7-6-12(4-5-13-7)9(10)11-8-2-3-8/h7-8H,2-6H2,1H3,(H2,10,11). The van der Waals surface area contributed by atoms with Crippen LogP contribution in [0, 0.1) is 0 Å². The number of nitrogens with zero attached hydrogens (tertiary/aromatic N) is 2. The molecule has 3 nitrogen and oxygen atoms in total. The molecule has 0 radical (unpaired) electrons. The number of guanidine groups is 1. The van der Waals surface area contributed by atoms with Gasteiger partial charge in [0.05, 0.1) is 6.04 Å². The summed E-state index contributed by atoms with van der Waals surface area (Å²) in [6.45, 7) is 4.38. The van der Waals surface area contributed by atoms with E-state index in [9.17, 15) is 0 Å². The van der Waals surface area contributed by atoms with Gasteiger partial charge in [0.2, 0.25) is 0 Å². The lowest BCUT2D eigenvalue weighted by Gasteiger charge is -2.31. The molecule has 2 aliphatic rings. The van der Waals surface area contributed by atoms with E-state index in [4.69, 9.17) is 5.73 Å². The molecule has 1 atom stereocenters. The minimum absolute atomic E-state index is 0.546. The van der Waals surface area contributed by atoms with E-state index >= 15 is 0 Å². The van der Waals surface area contributed by atoms with Gasteiger partial charge in [0.15, 0.2) is 5.96 Å². The van der Waals surface area contributed by atoms with E-state index in [1.165, 1.54) is 18.6 Å². The molecule has 0 aromatic carbocycles. The van der Waals surface area contributed by atoms with Gasteiger partial charge in [0, 0.05) is 24.1 Å². The highest BCUT2D eigenvalue weighted by Gasteiger charge is 2.23. The van der Waals surface area contributed by atoms with Crippen molar-refractivity contribution in [3.63, 3.8) is 0 Å². The van der Waals surface area contributed by atoms with Crippen LogP contribution in [0.15, 0.2) is 4.99 Å². The maximum absolute atomic E-state index is 5.92. The molecular weight excluding hydrogens is 182 g/mol. The maximum atomic E-state index is 5.92. The van der Waals surface area contributed by atoms with Crippen LogP contribution in [-0.2, 0) is 0 Å². The SMILES string of the molecule is CC1CN(C(N)=NC2CC2)CCS1. The van der Waals surface area contributed by atoms with Crippen LogP contribution in [0.5, 0.6) is 0 Å². The van der Waals surface area contributed by atoms with Crippen LogP contribution < -0.4 is 5.73 Å². The summed E-state index contributed by atoms with van der Waals surface area (Å²) in [5, 5.41) is 0.696. The Hall–Kier alpha value is -0.380. The van der Waals surface area contributed by atoms with Crippen LogP contribution in [0.3, 0.4) is 0 Å². The predicted octanol–water partition coefficient (Wildman–Crippen LogP) is 0.901. The van der Waals surface area contributed by atoms with Crippen molar-refractivity contribution in [2.24, 2.45) is 10.7 Å². The molecule has 1 aliphatic carbocycles. The number of hydrogen-bond donors (Lipinski definition) is 1. The molecule has 1 unspecified atom stereocenters. The fourth-order valence-corrected chi connectivity index (χ4v) is 2.51. The van der Waals surface area contributed by atoms with Crippen molar-refractivity contribution in [2.45, 2.75) is 31.1 Å². The summed E-state index contributed by atoms with van der Waals surface area (Å²) in [5.74, 6) is 1.96. The summed E-state index contributed by atoms with van der Waals surface area (Å²) in [6.07, 6.45) is 2.47. The Bertz CT molecular complexity index is 213. The van der Waals surface area contributed by atoms with Crippen molar-refractivity contribution in [3.8, 4) is 0 Å². The fourth-order valence-electron chi connectivity index (χ4n) is 1.50. The molecule has 2 rings (SSSR count). The molecule has 0 amide bonds. The Morgan fingerprint density at radius 1 is 1.54 bits per heavy atom. The van der Waals surface area contributed by atoms with E-state index in [0.29, 0.717) is 11.3 Å². The van der Waals surface area contributed by atoms with Crippen LogP contribution in [0.25, 0.3) is 0 Å². The maximum Gasteiger partial charge on any atom is 0.191 e. The van der Waals surface area contributed by atoms with E-state index in [2.05, 4.69) is 16.8 Å². The van der Waals surface area contributed by atoms with Gasteiger partial charge in [-0.15, -0.1) is 0 Å². The molecule has 0 aromatic heterocycles. The average Bonchev–Trinajstić information content (AvgIpc) is 2.88. The lowest BCUT2D eigenvalue weighted by molar-refractivity contribution is 0.429. The van der Waals surface area contributed by atoms with Crippen molar-refractivity contribution in [3.05, 3.63) is 0 Å². The van der Waals surface area contributed by atoms with Crippen LogP contribution in [-0.4, -0.2) is 41.0 Å². The summed E-state index contributed by atoms with van der Waals surface area (Å²) >= 11 is 2.02. The van der Waals surface area contributed by atoms with Gasteiger partial charge in [0.1, 0.15) is 0 Å². The van der Waals surface area contributed by atoms with Crippen molar-refractivity contribution in [2.75, 3.05) is 18.8 Å². The number of thioether (sulfide) groups is 1. The molecule has 1 aliphatic heterocycles. The minimum atomic E-state index is 0.546. The van der Waals surface area contributed by atoms with E-state index < -0.39 is 0 Å². The highest BCUT2D eigenvalue weighted by atomic mass is 32.2. The second kappa shape index (κ2) is 3.78. The molecule has 13 heavy (non-hydrogen) atoms. The molecule has 4 heteroatoms. The highest BCUT2D eigenvalue weighted by Crippen LogP contribution is 2.24. The average molecular weight is 199 g/mol. The largest absolute Gasteiger partial charge is 0.370 e. The number of nitrogens with two attached hydrogens (primary N) is 1. The Morgan fingerprint density at radius 3 is 2.92 bits per heavy atom. The lowest BCUT2D eigenvalue weighted by Crippen LogP contribution is -2.45. The van der Waals surface area contributed by atoms with E-state index in [-0.39, 0.29) is 0 Å². The Balaban J connectivity index is 1.90. The van der Waals surface area contributed by atoms with Crippen LogP contribution in [0.1, 0.15) is 19.8 Å². The van der Waals surface area contributed by atoms with E-state index in [0.717, 1.165) is 19.0 Å². The van der Waals surface area contributed by atoms with Crippen LogP contribution >= 0.6 is 11.8 Å². The van der Waals surface area contributed by atoms with Gasteiger partial charge in [-0.3, -0.25) is 0 Å². The topological polar surface area (TPSA) is 41.6 Å². The Morgan fingerprint density at radius 2 is 2.31 bits per heavy atom. The number of rotatable bonds is 1. The summed E-state index contributed by atoms with van der Waals surface area (Å²) in [7, 11) is 0. The Labute approximate surface area is 83.8 Å². The first-order valence-electron chi connectivity index (χ1n) is 4.95. The summed E-state index contributed by atoms with van der Waals surface area (Å²) in [6, 6.07) is 0.546. The normalized spacial score (nSPS) is 30.7. The van der Waals surface area contributed by atoms with Gasteiger partial charge < -0.3 is 10.6 Å². The molecule has 0 spiro atoms. The molecule has 2 N–H and O–H groups in total. The molecule has 2 fully saturated rings. The number of hydrogen-bond acceptors (Lipinski definition) is 2. The molecule has 0 bridgehead atoms. The van der Waals surface area contributed by atoms with Gasteiger partial charge in [-0.1, -0.05) is 6.92 Å². The summed E-state index contributed by atoms with van der Waals surface area (Å²) in [4.78, 5) is 6.68. The zero-order chi connectivity index (χ0) is 9.26. The third-order valence-electron chi connectivity index (χ3n) is 2.43. The Kier molecular flexibility index (Phi) is 2.67. The molecule has 1 saturated heterocycles. The van der Waals surface area contributed by atoms with Crippen LogP contribution in [0.4, 0.5) is 0 Å². The van der Waals surface area contributed by atoms with Gasteiger partial charge >= 0.3 is 0 Å². The first-order valence-corrected chi connectivity index (χ1v) is 6.00. The first kappa shape index (κ1) is 9.19. The number of aliphatic imine (C=N–C) groups is 1. The third-order valence-corrected chi connectivity index (χ3v) is 3.56.